The van der Waals surface area contributed by atoms with Crippen molar-refractivity contribution in [3.63, 3.8) is 0 Å². The zero-order valence-electron chi connectivity index (χ0n) is 19.4. The van der Waals surface area contributed by atoms with E-state index in [4.69, 9.17) is 4.74 Å². The first-order valence-electron chi connectivity index (χ1n) is 10.6. The average Bonchev–Trinajstić information content (AvgIpc) is 3.16. The van der Waals surface area contributed by atoms with E-state index >= 15 is 0 Å². The van der Waals surface area contributed by atoms with Gasteiger partial charge in [0.1, 0.15) is 12.1 Å². The van der Waals surface area contributed by atoms with Crippen LogP contribution >= 0.6 is 0 Å². The molecule has 1 amide bonds. The molecule has 32 heavy (non-hydrogen) atoms. The molecule has 0 fully saturated rings. The Kier molecular flexibility index (Phi) is 6.85. The summed E-state index contributed by atoms with van der Waals surface area (Å²) in [6, 6.07) is 15.5. The van der Waals surface area contributed by atoms with Gasteiger partial charge >= 0.3 is 5.97 Å². The SMILES string of the molecule is Cc1ccc(C#N)cc1N(CC(=O)OC(C)(C)C)CC(=O)N(C)N1Cc2ccccc2C1. The third kappa shape index (κ3) is 5.65. The summed E-state index contributed by atoms with van der Waals surface area (Å²) in [5.74, 6) is -0.577. The van der Waals surface area contributed by atoms with E-state index in [1.807, 2.05) is 30.1 Å². The number of benzene rings is 2. The lowest BCUT2D eigenvalue weighted by molar-refractivity contribution is -0.153. The monoisotopic (exact) mass is 434 g/mol. The van der Waals surface area contributed by atoms with Crippen LogP contribution in [0.15, 0.2) is 42.5 Å². The van der Waals surface area contributed by atoms with Crippen molar-refractivity contribution in [3.8, 4) is 6.07 Å². The summed E-state index contributed by atoms with van der Waals surface area (Å²) in [5, 5.41) is 12.9. The van der Waals surface area contributed by atoms with E-state index in [1.165, 1.54) is 11.1 Å². The van der Waals surface area contributed by atoms with Crippen molar-refractivity contribution in [3.05, 3.63) is 64.7 Å². The zero-order valence-corrected chi connectivity index (χ0v) is 19.4. The van der Waals surface area contributed by atoms with Gasteiger partial charge in [-0.2, -0.15) is 5.26 Å². The number of aryl methyl sites for hydroxylation is 1. The molecule has 7 nitrogen and oxygen atoms in total. The highest BCUT2D eigenvalue weighted by Crippen LogP contribution is 2.25. The molecular formula is C25H30N4O3. The Morgan fingerprint density at radius 2 is 1.72 bits per heavy atom. The normalized spacial score (nSPS) is 13.2. The van der Waals surface area contributed by atoms with Gasteiger partial charge in [-0.3, -0.25) is 14.6 Å². The highest BCUT2D eigenvalue weighted by atomic mass is 16.6. The number of ether oxygens (including phenoxy) is 1. The summed E-state index contributed by atoms with van der Waals surface area (Å²) in [7, 11) is 1.75. The molecule has 0 spiro atoms. The molecule has 3 rings (SSSR count). The Morgan fingerprint density at radius 3 is 2.28 bits per heavy atom. The molecule has 0 saturated carbocycles. The number of hydrogen-bond donors (Lipinski definition) is 0. The number of anilines is 1. The summed E-state index contributed by atoms with van der Waals surface area (Å²) in [6.07, 6.45) is 0. The van der Waals surface area contributed by atoms with E-state index < -0.39 is 11.6 Å². The van der Waals surface area contributed by atoms with Crippen LogP contribution in [0.1, 0.15) is 43.0 Å². The summed E-state index contributed by atoms with van der Waals surface area (Å²) in [4.78, 5) is 27.5. The topological polar surface area (TPSA) is 76.9 Å². The molecule has 1 aliphatic heterocycles. The highest BCUT2D eigenvalue weighted by molar-refractivity contribution is 5.85. The second-order valence-electron chi connectivity index (χ2n) is 9.06. The largest absolute Gasteiger partial charge is 0.459 e. The summed E-state index contributed by atoms with van der Waals surface area (Å²) >= 11 is 0. The first kappa shape index (κ1) is 23.3. The summed E-state index contributed by atoms with van der Waals surface area (Å²) in [5.41, 5.74) is 3.79. The molecule has 1 heterocycles. The van der Waals surface area contributed by atoms with Gasteiger partial charge in [0.2, 0.25) is 0 Å². The molecule has 0 unspecified atom stereocenters. The number of carbonyl (C=O) groups is 2. The third-order valence-corrected chi connectivity index (χ3v) is 5.35. The van der Waals surface area contributed by atoms with Crippen LogP contribution in [-0.4, -0.2) is 47.6 Å². The number of nitriles is 1. The molecule has 0 radical (unpaired) electrons. The van der Waals surface area contributed by atoms with Gasteiger partial charge in [-0.1, -0.05) is 30.3 Å². The maximum atomic E-state index is 13.2. The molecule has 2 aromatic carbocycles. The van der Waals surface area contributed by atoms with Gasteiger partial charge in [-0.05, 0) is 56.5 Å². The van der Waals surface area contributed by atoms with Crippen LogP contribution < -0.4 is 4.90 Å². The van der Waals surface area contributed by atoms with Gasteiger partial charge < -0.3 is 9.64 Å². The Labute approximate surface area is 189 Å². The Balaban J connectivity index is 1.80. The number of nitrogens with zero attached hydrogens (tertiary/aromatic N) is 4. The number of likely N-dealkylation sites (N-methyl/N-ethyl adjacent to an activating group) is 1. The van der Waals surface area contributed by atoms with Gasteiger partial charge in [-0.15, -0.1) is 0 Å². The predicted molar refractivity (Wildman–Crippen MR) is 122 cm³/mol. The first-order valence-corrected chi connectivity index (χ1v) is 10.6. The minimum atomic E-state index is -0.631. The zero-order chi connectivity index (χ0) is 23.5. The number of amides is 1. The second kappa shape index (κ2) is 9.41. The molecular weight excluding hydrogens is 404 g/mol. The number of rotatable bonds is 6. The van der Waals surface area contributed by atoms with Crippen LogP contribution in [0, 0.1) is 18.3 Å². The van der Waals surface area contributed by atoms with Crippen molar-refractivity contribution in [2.24, 2.45) is 0 Å². The smallest absolute Gasteiger partial charge is 0.326 e. The maximum Gasteiger partial charge on any atom is 0.326 e. The standard InChI is InChI=1S/C25H30N4O3/c1-18-10-11-19(13-26)12-22(18)28(17-24(31)32-25(2,3)4)16-23(30)27(5)29-14-20-8-6-7-9-21(20)15-29/h6-12H,14-17H2,1-5H3. The molecule has 0 N–H and O–H groups in total. The molecule has 0 aliphatic carbocycles. The van der Waals surface area contributed by atoms with E-state index in [-0.39, 0.29) is 19.0 Å². The molecule has 0 bridgehead atoms. The first-order chi connectivity index (χ1) is 15.1. The lowest BCUT2D eigenvalue weighted by atomic mass is 10.1. The summed E-state index contributed by atoms with van der Waals surface area (Å²) in [6.45, 7) is 8.53. The summed E-state index contributed by atoms with van der Waals surface area (Å²) < 4.78 is 5.49. The molecule has 1 aliphatic rings. The number of fused-ring (bicyclic) bond motifs is 1. The van der Waals surface area contributed by atoms with Crippen molar-refractivity contribution in [1.82, 2.24) is 10.0 Å². The van der Waals surface area contributed by atoms with Crippen molar-refractivity contribution < 1.29 is 14.3 Å². The van der Waals surface area contributed by atoms with E-state index in [1.54, 1.807) is 49.9 Å². The molecule has 168 valence electrons. The van der Waals surface area contributed by atoms with E-state index in [0.29, 0.717) is 24.3 Å². The predicted octanol–water partition coefficient (Wildman–Crippen LogP) is 3.40. The fraction of sp³-hybridized carbons (Fsp3) is 0.400. The Bertz CT molecular complexity index is 1030. The van der Waals surface area contributed by atoms with Crippen LogP contribution in [0.2, 0.25) is 0 Å². The molecule has 0 aromatic heterocycles. The maximum absolute atomic E-state index is 13.2. The van der Waals surface area contributed by atoms with Crippen molar-refractivity contribution in [2.45, 2.75) is 46.4 Å². The van der Waals surface area contributed by atoms with Crippen LogP contribution in [0.5, 0.6) is 0 Å². The average molecular weight is 435 g/mol. The highest BCUT2D eigenvalue weighted by Gasteiger charge is 2.28. The van der Waals surface area contributed by atoms with E-state index in [2.05, 4.69) is 18.2 Å². The minimum absolute atomic E-state index is 0.0156. The fourth-order valence-corrected chi connectivity index (χ4v) is 3.73. The quantitative estimate of drug-likeness (QED) is 0.649. The fourth-order valence-electron chi connectivity index (χ4n) is 3.73. The lowest BCUT2D eigenvalue weighted by Gasteiger charge is -2.32. The molecule has 0 saturated heterocycles. The molecule has 7 heteroatoms. The van der Waals surface area contributed by atoms with E-state index in [0.717, 1.165) is 5.56 Å². The van der Waals surface area contributed by atoms with Crippen LogP contribution in [0.4, 0.5) is 5.69 Å². The molecule has 2 aromatic rings. The van der Waals surface area contributed by atoms with Crippen molar-refractivity contribution in [1.29, 1.82) is 5.26 Å². The van der Waals surface area contributed by atoms with Gasteiger partial charge in [0, 0.05) is 25.8 Å². The Morgan fingerprint density at radius 1 is 1.09 bits per heavy atom. The number of esters is 1. The third-order valence-electron chi connectivity index (χ3n) is 5.35. The number of hydrogen-bond acceptors (Lipinski definition) is 6. The second-order valence-corrected chi connectivity index (χ2v) is 9.06. The van der Waals surface area contributed by atoms with Crippen LogP contribution in [0.3, 0.4) is 0 Å². The Hall–Kier alpha value is -3.37. The van der Waals surface area contributed by atoms with Gasteiger partial charge in [0.15, 0.2) is 0 Å². The van der Waals surface area contributed by atoms with Crippen molar-refractivity contribution in [2.75, 3.05) is 25.0 Å². The number of carbonyl (C=O) groups excluding carboxylic acids is 2. The van der Waals surface area contributed by atoms with Gasteiger partial charge in [0.05, 0.1) is 18.2 Å². The van der Waals surface area contributed by atoms with Gasteiger partial charge in [0.25, 0.3) is 5.91 Å². The van der Waals surface area contributed by atoms with Crippen LogP contribution in [-0.2, 0) is 27.4 Å². The lowest BCUT2D eigenvalue weighted by Crippen LogP contribution is -2.47. The van der Waals surface area contributed by atoms with Crippen molar-refractivity contribution >= 4 is 17.6 Å². The minimum Gasteiger partial charge on any atom is -0.459 e. The van der Waals surface area contributed by atoms with E-state index in [9.17, 15) is 14.9 Å². The molecule has 0 atom stereocenters. The number of hydrazine groups is 1. The van der Waals surface area contributed by atoms with Gasteiger partial charge in [-0.25, -0.2) is 5.01 Å². The van der Waals surface area contributed by atoms with Crippen LogP contribution in [0.25, 0.3) is 0 Å².